The Morgan fingerprint density at radius 1 is 0.854 bits per heavy atom. The van der Waals surface area contributed by atoms with Crippen molar-refractivity contribution in [2.45, 2.75) is 97.8 Å². The Bertz CT molecular complexity index is 817. The van der Waals surface area contributed by atoms with Crippen LogP contribution in [0.3, 0.4) is 0 Å². The SMILES string of the molecule is CC(=O)[C@H]1CCC2C3CCC4=CC(=O)CC[C@]4(C)C3CC[C@@]21C.NCCCCN.NCCCCN.O=[Se]([O-])[O-].[Na+].[Na+]. The summed E-state index contributed by atoms with van der Waals surface area (Å²) in [5.41, 5.74) is 22.6. The van der Waals surface area contributed by atoms with E-state index < -0.39 is 14.5 Å². The van der Waals surface area contributed by atoms with Gasteiger partial charge in [-0.05, 0) is 138 Å². The fraction of sp³-hybridized carbons (Fsp3) is 0.862. The number of allylic oxidation sites excluding steroid dienone is 1. The number of rotatable bonds is 7. The minimum absolute atomic E-state index is 0. The zero-order valence-corrected chi connectivity index (χ0v) is 32.2. The molecule has 12 heteroatoms. The Morgan fingerprint density at radius 2 is 1.34 bits per heavy atom. The molecule has 0 aromatic carbocycles. The Hall–Kier alpha value is 1.16. The molecular weight excluding hydrogens is 609 g/mol. The zero-order chi connectivity index (χ0) is 29.6. The van der Waals surface area contributed by atoms with E-state index >= 15 is 0 Å². The van der Waals surface area contributed by atoms with Crippen molar-refractivity contribution in [3.05, 3.63) is 11.6 Å². The number of carbonyl (C=O) groups excluding carboxylic acids is 2. The zero-order valence-electron chi connectivity index (χ0n) is 26.5. The normalized spacial score (nSPS) is 31.0. The van der Waals surface area contributed by atoms with Gasteiger partial charge in [0.2, 0.25) is 0 Å². The maximum Gasteiger partial charge on any atom is 1.00 e. The summed E-state index contributed by atoms with van der Waals surface area (Å²) in [5.74, 6) is 3.29. The molecule has 4 aliphatic rings. The maximum absolute atomic E-state index is 12.1. The molecule has 6 atom stereocenters. The summed E-state index contributed by atoms with van der Waals surface area (Å²) >= 11 is -3.79. The first-order valence-corrected chi connectivity index (χ1v) is 16.8. The summed E-state index contributed by atoms with van der Waals surface area (Å²) < 4.78 is 25.6. The molecule has 3 fully saturated rings. The number of unbranched alkanes of at least 4 members (excludes halogenated alkanes) is 2. The van der Waals surface area contributed by atoms with Gasteiger partial charge in [0.05, 0.1) is 0 Å². The molecule has 0 spiro atoms. The van der Waals surface area contributed by atoms with E-state index in [1.165, 1.54) is 31.3 Å². The third-order valence-electron chi connectivity index (χ3n) is 9.77. The van der Waals surface area contributed by atoms with E-state index in [1.54, 1.807) is 6.92 Å². The predicted octanol–water partition coefficient (Wildman–Crippen LogP) is -4.78. The largest absolute Gasteiger partial charge is 1.00 e. The molecule has 41 heavy (non-hydrogen) atoms. The second-order valence-electron chi connectivity index (χ2n) is 12.0. The topological polar surface area (TPSA) is 201 Å². The van der Waals surface area contributed by atoms with Gasteiger partial charge in [0.25, 0.3) is 0 Å². The molecule has 8 N–H and O–H groups in total. The third-order valence-corrected chi connectivity index (χ3v) is 9.77. The van der Waals surface area contributed by atoms with E-state index in [9.17, 15) is 9.59 Å². The second kappa shape index (κ2) is 22.6. The minimum Gasteiger partial charge on any atom is 1.00 e. The molecule has 0 heterocycles. The minimum atomic E-state index is -3.79. The van der Waals surface area contributed by atoms with Gasteiger partial charge in [-0.2, -0.15) is 0 Å². The standard InChI is InChI=1S/C21H30O2.2C4H12N2.2Na.H2O3Se/c1-13(22)17-6-7-18-16-5-4-14-12-15(23)8-10-20(14,2)19(16)9-11-21(17,18)3;2*5-3-1-2-4-6;;;1-4(2)3/h12,16-19H,4-11H2,1-3H3;2*1-6H2;;;(H2,1,2,3)/q;;;2*+1;/p-2/t16?,17-,18?,19?,20+,21-;;;;;/m1...../s1. The number of carbonyl (C=O) groups is 2. The first kappa shape index (κ1) is 44.3. The summed E-state index contributed by atoms with van der Waals surface area (Å²) in [7, 11) is 0. The number of hydrogen-bond acceptors (Lipinski definition) is 9. The first-order chi connectivity index (χ1) is 18.4. The van der Waals surface area contributed by atoms with Crippen molar-refractivity contribution in [2.24, 2.45) is 57.4 Å². The first-order valence-electron chi connectivity index (χ1n) is 14.7. The van der Waals surface area contributed by atoms with Crippen LogP contribution < -0.4 is 90.4 Å². The van der Waals surface area contributed by atoms with Crippen molar-refractivity contribution in [3.8, 4) is 0 Å². The smallest absolute Gasteiger partial charge is 1.00 e. The maximum atomic E-state index is 12.1. The van der Waals surface area contributed by atoms with Crippen LogP contribution in [0.2, 0.25) is 0 Å². The molecule has 4 aliphatic carbocycles. The van der Waals surface area contributed by atoms with Gasteiger partial charge in [0.1, 0.15) is 5.78 Å². The second-order valence-corrected chi connectivity index (χ2v) is 12.9. The van der Waals surface area contributed by atoms with E-state index in [1.807, 2.05) is 6.08 Å². The molecule has 228 valence electrons. The monoisotopic (exact) mass is 664 g/mol. The van der Waals surface area contributed by atoms with Gasteiger partial charge in [0, 0.05) is 12.3 Å². The molecule has 9 nitrogen and oxygen atoms in total. The van der Waals surface area contributed by atoms with Gasteiger partial charge in [-0.1, -0.05) is 19.4 Å². The molecule has 0 radical (unpaired) electrons. The van der Waals surface area contributed by atoms with Crippen LogP contribution in [0.4, 0.5) is 0 Å². The van der Waals surface area contributed by atoms with Gasteiger partial charge in [-0.25, -0.2) is 0 Å². The van der Waals surface area contributed by atoms with E-state index in [2.05, 4.69) is 13.8 Å². The van der Waals surface area contributed by atoms with E-state index in [0.717, 1.165) is 95.3 Å². The van der Waals surface area contributed by atoms with E-state index in [-0.39, 0.29) is 69.9 Å². The Labute approximate surface area is 297 Å². The summed E-state index contributed by atoms with van der Waals surface area (Å²) in [6, 6.07) is 0. The van der Waals surface area contributed by atoms with Gasteiger partial charge < -0.3 is 22.9 Å². The summed E-state index contributed by atoms with van der Waals surface area (Å²) in [4.78, 5) is 24.0. The number of ketones is 2. The molecule has 0 saturated heterocycles. The quantitative estimate of drug-likeness (QED) is 0.152. The Kier molecular flexibility index (Phi) is 24.4. The summed E-state index contributed by atoms with van der Waals surface area (Å²) in [5, 5.41) is 0. The number of fused-ring (bicyclic) bond motifs is 5. The van der Waals surface area contributed by atoms with Crippen molar-refractivity contribution < 1.29 is 80.9 Å². The van der Waals surface area contributed by atoms with E-state index in [0.29, 0.717) is 17.5 Å². The van der Waals surface area contributed by atoms with Gasteiger partial charge in [0.15, 0.2) is 5.78 Å². The van der Waals surface area contributed by atoms with Gasteiger partial charge >= 0.3 is 85.8 Å². The summed E-state index contributed by atoms with van der Waals surface area (Å²) in [6.45, 7) is 9.75. The summed E-state index contributed by atoms with van der Waals surface area (Å²) in [6.07, 6.45) is 15.2. The molecule has 0 aromatic heterocycles. The number of Topliss-reactive ketones (excluding diaryl/α,β-unsaturated/α-hetero) is 1. The average molecular weight is 664 g/mol. The number of hydrogen-bond donors (Lipinski definition) is 4. The van der Waals surface area contributed by atoms with Crippen LogP contribution >= 0.6 is 0 Å². The van der Waals surface area contributed by atoms with Crippen molar-refractivity contribution >= 4 is 26.1 Å². The van der Waals surface area contributed by atoms with Crippen LogP contribution in [-0.2, 0) is 13.4 Å². The molecule has 0 aromatic rings. The van der Waals surface area contributed by atoms with Crippen LogP contribution in [-0.4, -0.2) is 52.2 Å². The predicted molar refractivity (Wildman–Crippen MR) is 152 cm³/mol. The van der Waals surface area contributed by atoms with Crippen LogP contribution in [0.5, 0.6) is 0 Å². The third kappa shape index (κ3) is 13.2. The molecule has 0 bridgehead atoms. The molecule has 0 amide bonds. The van der Waals surface area contributed by atoms with Crippen LogP contribution in [0, 0.1) is 34.5 Å². The molecule has 3 saturated carbocycles. The average Bonchev–Trinajstić information content (AvgIpc) is 3.24. The Morgan fingerprint density at radius 3 is 1.78 bits per heavy atom. The molecule has 3 unspecified atom stereocenters. The number of nitrogens with two attached hydrogens (primary N) is 4. The van der Waals surface area contributed by atoms with Gasteiger partial charge in [-0.3, -0.25) is 9.59 Å². The van der Waals surface area contributed by atoms with Crippen molar-refractivity contribution in [3.63, 3.8) is 0 Å². The van der Waals surface area contributed by atoms with Gasteiger partial charge in [-0.15, -0.1) is 0 Å². The van der Waals surface area contributed by atoms with Crippen LogP contribution in [0.25, 0.3) is 0 Å². The van der Waals surface area contributed by atoms with Crippen molar-refractivity contribution in [2.75, 3.05) is 26.2 Å². The molecule has 0 aliphatic heterocycles. The van der Waals surface area contributed by atoms with E-state index in [4.69, 9.17) is 35.1 Å². The Balaban J connectivity index is 0. The fourth-order valence-electron chi connectivity index (χ4n) is 7.80. The van der Waals surface area contributed by atoms with Crippen LogP contribution in [0.15, 0.2) is 11.6 Å². The molecular formula is C29H54N4Na2O5Se. The fourth-order valence-corrected chi connectivity index (χ4v) is 7.80. The molecule has 4 rings (SSSR count). The van der Waals surface area contributed by atoms with Crippen molar-refractivity contribution in [1.29, 1.82) is 0 Å². The van der Waals surface area contributed by atoms with Crippen LogP contribution in [0.1, 0.15) is 97.8 Å². The van der Waals surface area contributed by atoms with Crippen molar-refractivity contribution in [1.82, 2.24) is 0 Å².